The van der Waals surface area contributed by atoms with Crippen LogP contribution in [-0.4, -0.2) is 58.2 Å². The Morgan fingerprint density at radius 3 is 2.87 bits per heavy atom. The number of primary amides is 1. The Hall–Kier alpha value is -3.88. The van der Waals surface area contributed by atoms with Gasteiger partial charge in [-0.1, -0.05) is 12.1 Å². The molecule has 0 saturated carbocycles. The van der Waals surface area contributed by atoms with E-state index in [0.29, 0.717) is 30.2 Å². The fourth-order valence-electron chi connectivity index (χ4n) is 3.56. The number of amides is 2. The second-order valence-corrected chi connectivity index (χ2v) is 7.27. The third-order valence-corrected chi connectivity index (χ3v) is 5.13. The molecule has 9 heteroatoms. The highest BCUT2D eigenvalue weighted by molar-refractivity contribution is 5.93. The maximum atomic E-state index is 13.0. The smallest absolute Gasteiger partial charge is 0.272 e. The number of piperidine rings is 1. The number of nitrogens with one attached hydrogen (secondary N) is 1. The van der Waals surface area contributed by atoms with Crippen molar-refractivity contribution >= 4 is 11.8 Å². The van der Waals surface area contributed by atoms with Gasteiger partial charge in [-0.15, -0.1) is 0 Å². The minimum absolute atomic E-state index is 0.137. The number of aromatic amines is 1. The zero-order valence-electron chi connectivity index (χ0n) is 17.1. The van der Waals surface area contributed by atoms with Crippen molar-refractivity contribution in [3.8, 4) is 22.8 Å². The number of carbonyl (C=O) groups is 2. The number of methoxy groups -OCH3 is 1. The highest BCUT2D eigenvalue weighted by atomic mass is 16.5. The lowest BCUT2D eigenvalue weighted by atomic mass is 10.1. The number of nitrogens with zero attached hydrogens (tertiary/aromatic N) is 3. The summed E-state index contributed by atoms with van der Waals surface area (Å²) in [6.45, 7) is 1.07. The number of aromatic nitrogens is 3. The molecule has 0 aliphatic carbocycles. The molecule has 3 heterocycles. The molecule has 2 aromatic heterocycles. The van der Waals surface area contributed by atoms with E-state index in [2.05, 4.69) is 15.2 Å². The molecule has 4 rings (SSSR count). The van der Waals surface area contributed by atoms with Gasteiger partial charge in [0.05, 0.1) is 19.3 Å². The first-order valence-corrected chi connectivity index (χ1v) is 9.95. The summed E-state index contributed by atoms with van der Waals surface area (Å²) in [6, 6.07) is 12.4. The number of H-pyrrole nitrogens is 1. The molecule has 0 radical (unpaired) electrons. The quantitative estimate of drug-likeness (QED) is 0.629. The van der Waals surface area contributed by atoms with E-state index in [1.54, 1.807) is 24.1 Å². The van der Waals surface area contributed by atoms with Crippen molar-refractivity contribution in [1.29, 1.82) is 0 Å². The highest BCUT2D eigenvalue weighted by Crippen LogP contribution is 2.24. The second-order valence-electron chi connectivity index (χ2n) is 7.27. The van der Waals surface area contributed by atoms with Gasteiger partial charge in [0.15, 0.2) is 0 Å². The minimum Gasteiger partial charge on any atom is -0.497 e. The standard InChI is InChI=1S/C22H23N5O4/c1-30-15-5-2-4-14(10-15)18-12-20(26-25-18)22(29)27-9-3-6-17(13-27)31-16-7-8-24-19(11-16)21(23)28/h2,4-5,7-8,10-12,17H,3,6,9,13H2,1H3,(H2,23,28)(H,25,26). The first-order chi connectivity index (χ1) is 15.0. The van der Waals surface area contributed by atoms with Gasteiger partial charge in [0.2, 0.25) is 0 Å². The van der Waals surface area contributed by atoms with Crippen LogP contribution in [0.2, 0.25) is 0 Å². The number of ether oxygens (including phenoxy) is 2. The Labute approximate surface area is 179 Å². The van der Waals surface area contributed by atoms with Crippen molar-refractivity contribution in [3.05, 3.63) is 60.0 Å². The van der Waals surface area contributed by atoms with Gasteiger partial charge in [0, 0.05) is 24.4 Å². The fraction of sp³-hybridized carbons (Fsp3) is 0.273. The van der Waals surface area contributed by atoms with Crippen LogP contribution in [0.3, 0.4) is 0 Å². The molecule has 1 saturated heterocycles. The van der Waals surface area contributed by atoms with Gasteiger partial charge in [-0.3, -0.25) is 19.7 Å². The van der Waals surface area contributed by atoms with Crippen LogP contribution in [-0.2, 0) is 0 Å². The van der Waals surface area contributed by atoms with Crippen LogP contribution in [0.4, 0.5) is 0 Å². The Morgan fingerprint density at radius 1 is 1.19 bits per heavy atom. The Morgan fingerprint density at radius 2 is 2.06 bits per heavy atom. The van der Waals surface area contributed by atoms with Crippen LogP contribution >= 0.6 is 0 Å². The van der Waals surface area contributed by atoms with Crippen molar-refractivity contribution in [3.63, 3.8) is 0 Å². The first-order valence-electron chi connectivity index (χ1n) is 9.95. The lowest BCUT2D eigenvalue weighted by molar-refractivity contribution is 0.0532. The molecule has 1 aliphatic heterocycles. The molecule has 31 heavy (non-hydrogen) atoms. The van der Waals surface area contributed by atoms with Crippen LogP contribution < -0.4 is 15.2 Å². The predicted molar refractivity (Wildman–Crippen MR) is 113 cm³/mol. The van der Waals surface area contributed by atoms with E-state index >= 15 is 0 Å². The maximum absolute atomic E-state index is 13.0. The number of nitrogens with two attached hydrogens (primary N) is 1. The van der Waals surface area contributed by atoms with Crippen molar-refractivity contribution in [1.82, 2.24) is 20.1 Å². The topological polar surface area (TPSA) is 123 Å². The number of carbonyl (C=O) groups excluding carboxylic acids is 2. The molecule has 3 aromatic rings. The van der Waals surface area contributed by atoms with Gasteiger partial charge in [0.25, 0.3) is 11.8 Å². The molecule has 0 spiro atoms. The molecule has 3 N–H and O–H groups in total. The molecule has 1 aromatic carbocycles. The Balaban J connectivity index is 1.44. The summed E-state index contributed by atoms with van der Waals surface area (Å²) in [5.41, 5.74) is 7.36. The van der Waals surface area contributed by atoms with E-state index in [1.807, 2.05) is 24.3 Å². The van der Waals surface area contributed by atoms with Crippen molar-refractivity contribution in [2.24, 2.45) is 5.73 Å². The average molecular weight is 421 g/mol. The SMILES string of the molecule is COc1cccc(-c2cc(C(=O)N3CCCC(Oc4ccnc(C(N)=O)c4)C3)[nH]n2)c1. The molecule has 1 fully saturated rings. The Bertz CT molecular complexity index is 1100. The molecule has 1 unspecified atom stereocenters. The maximum Gasteiger partial charge on any atom is 0.272 e. The summed E-state index contributed by atoms with van der Waals surface area (Å²) < 4.78 is 11.2. The fourth-order valence-corrected chi connectivity index (χ4v) is 3.56. The number of likely N-dealkylation sites (tertiary alicyclic amines) is 1. The summed E-state index contributed by atoms with van der Waals surface area (Å²) in [4.78, 5) is 30.0. The molecular weight excluding hydrogens is 398 g/mol. The second kappa shape index (κ2) is 8.86. The van der Waals surface area contributed by atoms with Crippen LogP contribution in [0.1, 0.15) is 33.8 Å². The summed E-state index contributed by atoms with van der Waals surface area (Å²) in [7, 11) is 1.61. The summed E-state index contributed by atoms with van der Waals surface area (Å²) in [5, 5.41) is 7.12. The van der Waals surface area contributed by atoms with E-state index in [1.165, 1.54) is 12.3 Å². The predicted octanol–water partition coefficient (Wildman–Crippen LogP) is 2.26. The summed E-state index contributed by atoms with van der Waals surface area (Å²) in [6.07, 6.45) is 2.89. The lowest BCUT2D eigenvalue weighted by Crippen LogP contribution is -2.44. The third-order valence-electron chi connectivity index (χ3n) is 5.13. The number of benzene rings is 1. The average Bonchev–Trinajstić information content (AvgIpc) is 3.29. The molecule has 1 atom stereocenters. The number of hydrogen-bond acceptors (Lipinski definition) is 6. The minimum atomic E-state index is -0.614. The normalized spacial score (nSPS) is 16.0. The van der Waals surface area contributed by atoms with E-state index in [0.717, 1.165) is 24.2 Å². The van der Waals surface area contributed by atoms with E-state index < -0.39 is 5.91 Å². The molecule has 160 valence electrons. The first kappa shape index (κ1) is 20.4. The van der Waals surface area contributed by atoms with E-state index in [4.69, 9.17) is 15.2 Å². The molecule has 1 aliphatic rings. The van der Waals surface area contributed by atoms with Crippen LogP contribution in [0.5, 0.6) is 11.5 Å². The number of pyridine rings is 1. The van der Waals surface area contributed by atoms with Gasteiger partial charge < -0.3 is 20.1 Å². The monoisotopic (exact) mass is 421 g/mol. The van der Waals surface area contributed by atoms with E-state index in [-0.39, 0.29) is 17.7 Å². The van der Waals surface area contributed by atoms with Gasteiger partial charge in [0.1, 0.15) is 29.0 Å². The highest BCUT2D eigenvalue weighted by Gasteiger charge is 2.27. The van der Waals surface area contributed by atoms with Gasteiger partial charge in [-0.05, 0) is 37.1 Å². The number of hydrogen-bond donors (Lipinski definition) is 2. The van der Waals surface area contributed by atoms with Gasteiger partial charge in [-0.2, -0.15) is 5.10 Å². The van der Waals surface area contributed by atoms with Crippen LogP contribution in [0.25, 0.3) is 11.3 Å². The van der Waals surface area contributed by atoms with Gasteiger partial charge >= 0.3 is 0 Å². The molecule has 9 nitrogen and oxygen atoms in total. The summed E-state index contributed by atoms with van der Waals surface area (Å²) >= 11 is 0. The summed E-state index contributed by atoms with van der Waals surface area (Å²) in [5.74, 6) is 0.476. The number of rotatable bonds is 6. The molecule has 0 bridgehead atoms. The molecular formula is C22H23N5O4. The van der Waals surface area contributed by atoms with E-state index in [9.17, 15) is 9.59 Å². The van der Waals surface area contributed by atoms with Crippen LogP contribution in [0.15, 0.2) is 48.7 Å². The van der Waals surface area contributed by atoms with Crippen molar-refractivity contribution in [2.75, 3.05) is 20.2 Å². The molecule has 2 amide bonds. The van der Waals surface area contributed by atoms with Crippen molar-refractivity contribution < 1.29 is 19.1 Å². The third kappa shape index (κ3) is 4.66. The van der Waals surface area contributed by atoms with Gasteiger partial charge in [-0.25, -0.2) is 0 Å². The Kier molecular flexibility index (Phi) is 5.83. The zero-order chi connectivity index (χ0) is 21.8. The van der Waals surface area contributed by atoms with Crippen molar-refractivity contribution in [2.45, 2.75) is 18.9 Å². The largest absolute Gasteiger partial charge is 0.497 e. The van der Waals surface area contributed by atoms with Crippen LogP contribution in [0, 0.1) is 0 Å². The zero-order valence-corrected chi connectivity index (χ0v) is 17.1. The lowest BCUT2D eigenvalue weighted by Gasteiger charge is -2.32.